The minimum Gasteiger partial charge on any atom is -0.384 e. The lowest BCUT2D eigenvalue weighted by Gasteiger charge is -2.01. The van der Waals surface area contributed by atoms with E-state index in [1.54, 1.807) is 17.4 Å². The van der Waals surface area contributed by atoms with Crippen molar-refractivity contribution in [2.24, 2.45) is 0 Å². The second-order valence-electron chi connectivity index (χ2n) is 3.92. The number of nitrogens with one attached hydrogen (secondary N) is 1. The van der Waals surface area contributed by atoms with Gasteiger partial charge in [0.25, 0.3) is 0 Å². The number of nitrogen functional groups attached to an aromatic ring is 1. The second-order valence-corrected chi connectivity index (χ2v) is 4.78. The Labute approximate surface area is 97.5 Å². The number of pyridine rings is 1. The average molecular weight is 232 g/mol. The summed E-state index contributed by atoms with van der Waals surface area (Å²) < 4.78 is 0. The number of anilines is 3. The van der Waals surface area contributed by atoms with Gasteiger partial charge in [0.15, 0.2) is 5.13 Å². The molecule has 0 aliphatic heterocycles. The van der Waals surface area contributed by atoms with Gasteiger partial charge in [-0.25, -0.2) is 9.97 Å². The number of rotatable bonds is 3. The summed E-state index contributed by atoms with van der Waals surface area (Å²) in [6.45, 7) is 0. The number of nitrogens with two attached hydrogens (primary N) is 1. The lowest BCUT2D eigenvalue weighted by atomic mass is 10.3. The van der Waals surface area contributed by atoms with Crippen molar-refractivity contribution < 1.29 is 0 Å². The van der Waals surface area contributed by atoms with Crippen molar-refractivity contribution in [3.05, 3.63) is 29.3 Å². The standard InChI is InChI=1S/C11H12N4S/c12-9-2-1-3-10(14-9)15-11-13-8(6-16-11)7-4-5-7/h1-3,6-7H,4-5H2,(H3,12,13,14,15). The lowest BCUT2D eigenvalue weighted by molar-refractivity contribution is 1.05. The fourth-order valence-corrected chi connectivity index (χ4v) is 2.34. The third kappa shape index (κ3) is 1.99. The SMILES string of the molecule is Nc1cccc(Nc2nc(C3CC3)cs2)n1. The Balaban J connectivity index is 1.77. The average Bonchev–Trinajstić information content (AvgIpc) is 3.01. The van der Waals surface area contributed by atoms with E-state index in [-0.39, 0.29) is 0 Å². The van der Waals surface area contributed by atoms with Crippen LogP contribution in [-0.2, 0) is 0 Å². The van der Waals surface area contributed by atoms with E-state index in [0.717, 1.165) is 10.9 Å². The number of aromatic nitrogens is 2. The molecule has 3 rings (SSSR count). The maximum Gasteiger partial charge on any atom is 0.188 e. The summed E-state index contributed by atoms with van der Waals surface area (Å²) in [4.78, 5) is 8.70. The molecule has 1 fully saturated rings. The summed E-state index contributed by atoms with van der Waals surface area (Å²) in [6.07, 6.45) is 2.55. The molecule has 3 N–H and O–H groups in total. The molecule has 0 unspecified atom stereocenters. The monoisotopic (exact) mass is 232 g/mol. The Morgan fingerprint density at radius 2 is 2.19 bits per heavy atom. The normalized spacial score (nSPS) is 15.0. The Morgan fingerprint density at radius 1 is 1.31 bits per heavy atom. The minimum atomic E-state index is 0.518. The van der Waals surface area contributed by atoms with Gasteiger partial charge in [0.2, 0.25) is 0 Å². The Hall–Kier alpha value is -1.62. The van der Waals surface area contributed by atoms with Gasteiger partial charge in [-0.2, -0.15) is 0 Å². The molecule has 0 radical (unpaired) electrons. The molecular weight excluding hydrogens is 220 g/mol. The number of hydrogen-bond acceptors (Lipinski definition) is 5. The number of hydrogen-bond donors (Lipinski definition) is 2. The van der Waals surface area contributed by atoms with Crippen LogP contribution in [0.3, 0.4) is 0 Å². The highest BCUT2D eigenvalue weighted by Gasteiger charge is 2.26. The molecule has 1 aliphatic carbocycles. The van der Waals surface area contributed by atoms with E-state index in [9.17, 15) is 0 Å². The molecule has 0 spiro atoms. The second kappa shape index (κ2) is 3.75. The van der Waals surface area contributed by atoms with Crippen molar-refractivity contribution in [2.45, 2.75) is 18.8 Å². The number of nitrogens with zero attached hydrogens (tertiary/aromatic N) is 2. The third-order valence-electron chi connectivity index (χ3n) is 2.52. The molecule has 0 bridgehead atoms. The van der Waals surface area contributed by atoms with E-state index >= 15 is 0 Å². The van der Waals surface area contributed by atoms with Crippen molar-refractivity contribution in [1.82, 2.24) is 9.97 Å². The van der Waals surface area contributed by atoms with E-state index < -0.39 is 0 Å². The predicted octanol–water partition coefficient (Wildman–Crippen LogP) is 2.74. The first-order valence-corrected chi connectivity index (χ1v) is 6.14. The van der Waals surface area contributed by atoms with Gasteiger partial charge in [0.1, 0.15) is 11.6 Å². The first-order chi connectivity index (χ1) is 7.81. The highest BCUT2D eigenvalue weighted by Crippen LogP contribution is 2.41. The molecule has 0 saturated heterocycles. The quantitative estimate of drug-likeness (QED) is 0.854. The van der Waals surface area contributed by atoms with Crippen molar-refractivity contribution >= 4 is 28.1 Å². The molecule has 5 heteroatoms. The zero-order valence-corrected chi connectivity index (χ0v) is 9.50. The van der Waals surface area contributed by atoms with Gasteiger partial charge in [-0.3, -0.25) is 0 Å². The van der Waals surface area contributed by atoms with E-state index in [2.05, 4.69) is 20.7 Å². The maximum absolute atomic E-state index is 5.61. The molecule has 1 aliphatic rings. The maximum atomic E-state index is 5.61. The largest absolute Gasteiger partial charge is 0.384 e. The van der Waals surface area contributed by atoms with Crippen LogP contribution in [0.1, 0.15) is 24.5 Å². The molecule has 4 nitrogen and oxygen atoms in total. The van der Waals surface area contributed by atoms with Gasteiger partial charge in [0.05, 0.1) is 5.69 Å². The summed E-state index contributed by atoms with van der Waals surface area (Å²) in [7, 11) is 0. The van der Waals surface area contributed by atoms with Gasteiger partial charge >= 0.3 is 0 Å². The topological polar surface area (TPSA) is 63.8 Å². The van der Waals surface area contributed by atoms with E-state index in [1.807, 2.05) is 12.1 Å². The van der Waals surface area contributed by atoms with Gasteiger partial charge in [-0.1, -0.05) is 6.07 Å². The molecule has 2 aromatic rings. The van der Waals surface area contributed by atoms with E-state index in [4.69, 9.17) is 5.73 Å². The van der Waals surface area contributed by atoms with Gasteiger partial charge < -0.3 is 11.1 Å². The third-order valence-corrected chi connectivity index (χ3v) is 3.30. The molecule has 0 amide bonds. The van der Waals surface area contributed by atoms with Crippen LogP contribution in [0, 0.1) is 0 Å². The lowest BCUT2D eigenvalue weighted by Crippen LogP contribution is -1.96. The zero-order chi connectivity index (χ0) is 11.0. The van der Waals surface area contributed by atoms with Crippen LogP contribution in [0.25, 0.3) is 0 Å². The Morgan fingerprint density at radius 3 is 2.94 bits per heavy atom. The van der Waals surface area contributed by atoms with Crippen molar-refractivity contribution in [3.8, 4) is 0 Å². The van der Waals surface area contributed by atoms with Crippen LogP contribution in [0.15, 0.2) is 23.6 Å². The smallest absolute Gasteiger partial charge is 0.188 e. The molecule has 1 saturated carbocycles. The van der Waals surface area contributed by atoms with Gasteiger partial charge in [0, 0.05) is 11.3 Å². The Kier molecular flexibility index (Phi) is 2.25. The predicted molar refractivity (Wildman–Crippen MR) is 66.0 cm³/mol. The van der Waals surface area contributed by atoms with Gasteiger partial charge in [-0.05, 0) is 25.0 Å². The van der Waals surface area contributed by atoms with Crippen LogP contribution in [-0.4, -0.2) is 9.97 Å². The summed E-state index contributed by atoms with van der Waals surface area (Å²) >= 11 is 1.62. The molecule has 2 aromatic heterocycles. The van der Waals surface area contributed by atoms with Crippen LogP contribution in [0.4, 0.5) is 16.8 Å². The fourth-order valence-electron chi connectivity index (χ4n) is 1.54. The highest BCUT2D eigenvalue weighted by molar-refractivity contribution is 7.13. The van der Waals surface area contributed by atoms with Crippen molar-refractivity contribution in [1.29, 1.82) is 0 Å². The number of thiazole rings is 1. The zero-order valence-electron chi connectivity index (χ0n) is 8.68. The molecular formula is C11H12N4S. The van der Waals surface area contributed by atoms with Crippen LogP contribution < -0.4 is 11.1 Å². The van der Waals surface area contributed by atoms with Gasteiger partial charge in [-0.15, -0.1) is 11.3 Å². The summed E-state index contributed by atoms with van der Waals surface area (Å²) in [5.41, 5.74) is 6.81. The van der Waals surface area contributed by atoms with Crippen LogP contribution in [0.2, 0.25) is 0 Å². The summed E-state index contributed by atoms with van der Waals surface area (Å²) in [5.74, 6) is 1.96. The summed E-state index contributed by atoms with van der Waals surface area (Å²) in [6, 6.07) is 5.53. The van der Waals surface area contributed by atoms with Crippen LogP contribution >= 0.6 is 11.3 Å². The van der Waals surface area contributed by atoms with Crippen LogP contribution in [0.5, 0.6) is 0 Å². The molecule has 82 valence electrons. The van der Waals surface area contributed by atoms with Crippen molar-refractivity contribution in [2.75, 3.05) is 11.1 Å². The van der Waals surface area contributed by atoms with E-state index in [1.165, 1.54) is 18.5 Å². The minimum absolute atomic E-state index is 0.518. The fraction of sp³-hybridized carbons (Fsp3) is 0.273. The highest BCUT2D eigenvalue weighted by atomic mass is 32.1. The molecule has 0 atom stereocenters. The molecule has 16 heavy (non-hydrogen) atoms. The first kappa shape index (κ1) is 9.59. The first-order valence-electron chi connectivity index (χ1n) is 5.26. The van der Waals surface area contributed by atoms with Crippen molar-refractivity contribution in [3.63, 3.8) is 0 Å². The summed E-state index contributed by atoms with van der Waals surface area (Å²) in [5, 5.41) is 6.17. The molecule has 2 heterocycles. The van der Waals surface area contributed by atoms with E-state index in [0.29, 0.717) is 11.7 Å². The molecule has 0 aromatic carbocycles. The Bertz CT molecular complexity index is 504.